The van der Waals surface area contributed by atoms with E-state index in [1.165, 1.54) is 16.7 Å². The van der Waals surface area contributed by atoms with Crippen molar-refractivity contribution in [1.29, 1.82) is 0 Å². The molecule has 5 nitrogen and oxygen atoms in total. The third-order valence-corrected chi connectivity index (χ3v) is 5.59. The maximum Gasteiger partial charge on any atom is 0.207 e. The van der Waals surface area contributed by atoms with E-state index in [-0.39, 0.29) is 18.2 Å². The number of nitrogens with one attached hydrogen (secondary N) is 1. The summed E-state index contributed by atoms with van der Waals surface area (Å²) in [5.41, 5.74) is 5.18. The zero-order valence-electron chi connectivity index (χ0n) is 16.0. The van der Waals surface area contributed by atoms with Crippen molar-refractivity contribution in [2.24, 2.45) is 0 Å². The van der Waals surface area contributed by atoms with E-state index < -0.39 is 0 Å². The molecule has 2 aromatic carbocycles. The molecule has 0 bridgehead atoms. The van der Waals surface area contributed by atoms with Gasteiger partial charge in [0.25, 0.3) is 0 Å². The number of fused-ring (bicyclic) bond motifs is 2. The summed E-state index contributed by atoms with van der Waals surface area (Å²) in [5.74, 6) is 0. The Balaban J connectivity index is 1.11. The Labute approximate surface area is 166 Å². The van der Waals surface area contributed by atoms with Crippen molar-refractivity contribution < 1.29 is 19.0 Å². The Kier molecular flexibility index (Phi) is 6.37. The number of carbonyl (C=O) groups excluding carboxylic acids is 1. The quantitative estimate of drug-likeness (QED) is 0.508. The maximum atomic E-state index is 10.9. The lowest BCUT2D eigenvalue weighted by molar-refractivity contribution is -0.111. The lowest BCUT2D eigenvalue weighted by Gasteiger charge is -2.20. The van der Waals surface area contributed by atoms with Crippen LogP contribution in [-0.4, -0.2) is 45.0 Å². The van der Waals surface area contributed by atoms with E-state index >= 15 is 0 Å². The third-order valence-electron chi connectivity index (χ3n) is 5.59. The summed E-state index contributed by atoms with van der Waals surface area (Å²) in [6.07, 6.45) is 3.77. The Hall–Kier alpha value is -2.21. The van der Waals surface area contributed by atoms with Gasteiger partial charge in [0.05, 0.1) is 44.7 Å². The van der Waals surface area contributed by atoms with Crippen LogP contribution in [0, 0.1) is 0 Å². The zero-order valence-corrected chi connectivity index (χ0v) is 16.0. The van der Waals surface area contributed by atoms with Crippen molar-refractivity contribution in [3.8, 4) is 0 Å². The van der Waals surface area contributed by atoms with Crippen molar-refractivity contribution in [3.63, 3.8) is 0 Å². The predicted molar refractivity (Wildman–Crippen MR) is 106 cm³/mol. The fourth-order valence-electron chi connectivity index (χ4n) is 4.25. The Morgan fingerprint density at radius 1 is 0.821 bits per heavy atom. The van der Waals surface area contributed by atoms with E-state index in [1.807, 2.05) is 12.1 Å². The van der Waals surface area contributed by atoms with Gasteiger partial charge in [0.1, 0.15) is 0 Å². The van der Waals surface area contributed by atoms with Crippen LogP contribution in [0.4, 0.5) is 0 Å². The lowest BCUT2D eigenvalue weighted by atomic mass is 10.1. The molecule has 1 amide bonds. The first-order valence-corrected chi connectivity index (χ1v) is 10.0. The second kappa shape index (κ2) is 9.32. The van der Waals surface area contributed by atoms with Gasteiger partial charge < -0.3 is 19.5 Å². The second-order valence-electron chi connectivity index (χ2n) is 7.36. The third kappa shape index (κ3) is 4.43. The second-order valence-corrected chi connectivity index (χ2v) is 7.36. The molecule has 2 aromatic rings. The standard InChI is InChI=1S/C23H27NO4/c25-16-24-23-21-8-4-3-7-19(21)15-22(23)28-12-10-26-9-11-27-20-13-17-5-1-2-6-18(17)14-20/h1-8,16,20,22-23H,9-15H2,(H,24,25)/t22-,23+/m1/s1. The number of hydrogen-bond acceptors (Lipinski definition) is 4. The van der Waals surface area contributed by atoms with Gasteiger partial charge in [-0.25, -0.2) is 0 Å². The van der Waals surface area contributed by atoms with Gasteiger partial charge >= 0.3 is 0 Å². The van der Waals surface area contributed by atoms with Gasteiger partial charge in [-0.2, -0.15) is 0 Å². The maximum absolute atomic E-state index is 10.9. The van der Waals surface area contributed by atoms with Crippen molar-refractivity contribution in [2.45, 2.75) is 37.5 Å². The fraction of sp³-hybridized carbons (Fsp3) is 0.435. The number of rotatable bonds is 10. The first kappa shape index (κ1) is 19.1. The topological polar surface area (TPSA) is 56.8 Å². The highest BCUT2D eigenvalue weighted by molar-refractivity contribution is 5.50. The minimum atomic E-state index is -0.0824. The number of benzene rings is 2. The SMILES string of the molecule is O=CN[C@H]1c2ccccc2C[C@H]1OCCOCCOC1Cc2ccccc2C1. The Morgan fingerprint density at radius 3 is 2.18 bits per heavy atom. The minimum Gasteiger partial charge on any atom is -0.377 e. The lowest BCUT2D eigenvalue weighted by Crippen LogP contribution is -2.31. The number of ether oxygens (including phenoxy) is 3. The van der Waals surface area contributed by atoms with Crippen molar-refractivity contribution >= 4 is 6.41 Å². The highest BCUT2D eigenvalue weighted by Gasteiger charge is 2.32. The van der Waals surface area contributed by atoms with Crippen LogP contribution in [0.3, 0.4) is 0 Å². The molecule has 2 aliphatic rings. The first-order chi connectivity index (χ1) is 13.8. The molecule has 2 atom stereocenters. The van der Waals surface area contributed by atoms with E-state index in [2.05, 4.69) is 41.7 Å². The average molecular weight is 381 g/mol. The molecule has 0 spiro atoms. The molecular weight excluding hydrogens is 354 g/mol. The van der Waals surface area contributed by atoms with E-state index in [0.717, 1.165) is 31.2 Å². The molecule has 0 aliphatic heterocycles. The monoisotopic (exact) mass is 381 g/mol. The molecular formula is C23H27NO4. The van der Waals surface area contributed by atoms with E-state index in [4.69, 9.17) is 14.2 Å². The molecule has 0 unspecified atom stereocenters. The predicted octanol–water partition coefficient (Wildman–Crippen LogP) is 2.62. The van der Waals surface area contributed by atoms with Gasteiger partial charge in [0.15, 0.2) is 0 Å². The summed E-state index contributed by atoms with van der Waals surface area (Å²) in [6.45, 7) is 2.19. The molecule has 0 heterocycles. The largest absolute Gasteiger partial charge is 0.377 e. The summed E-state index contributed by atoms with van der Waals surface area (Å²) in [7, 11) is 0. The molecule has 1 N–H and O–H groups in total. The van der Waals surface area contributed by atoms with Gasteiger partial charge in [0, 0.05) is 6.42 Å². The molecule has 0 radical (unpaired) electrons. The molecule has 0 aromatic heterocycles. The van der Waals surface area contributed by atoms with Gasteiger partial charge in [-0.3, -0.25) is 4.79 Å². The fourth-order valence-corrected chi connectivity index (χ4v) is 4.25. The van der Waals surface area contributed by atoms with Crippen LogP contribution in [0.5, 0.6) is 0 Å². The van der Waals surface area contributed by atoms with Gasteiger partial charge in [-0.1, -0.05) is 48.5 Å². The number of carbonyl (C=O) groups is 1. The van der Waals surface area contributed by atoms with Crippen LogP contribution in [0.25, 0.3) is 0 Å². The van der Waals surface area contributed by atoms with Gasteiger partial charge in [-0.15, -0.1) is 0 Å². The summed E-state index contributed by atoms with van der Waals surface area (Å²) in [6, 6.07) is 16.6. The van der Waals surface area contributed by atoms with Gasteiger partial charge in [-0.05, 0) is 35.1 Å². The molecule has 0 fully saturated rings. The molecule has 148 valence electrons. The summed E-state index contributed by atoms with van der Waals surface area (Å²) >= 11 is 0. The van der Waals surface area contributed by atoms with Crippen LogP contribution < -0.4 is 5.32 Å². The first-order valence-electron chi connectivity index (χ1n) is 10.0. The van der Waals surface area contributed by atoms with Crippen LogP contribution in [0.2, 0.25) is 0 Å². The van der Waals surface area contributed by atoms with Crippen LogP contribution in [0.1, 0.15) is 28.3 Å². The zero-order chi connectivity index (χ0) is 19.2. The Bertz CT molecular complexity index is 769. The van der Waals surface area contributed by atoms with E-state index in [9.17, 15) is 4.79 Å². The van der Waals surface area contributed by atoms with Crippen molar-refractivity contribution in [3.05, 3.63) is 70.8 Å². The van der Waals surface area contributed by atoms with E-state index in [1.54, 1.807) is 0 Å². The number of hydrogen-bond donors (Lipinski definition) is 1. The molecule has 28 heavy (non-hydrogen) atoms. The molecule has 0 saturated carbocycles. The normalized spacial score (nSPS) is 20.7. The summed E-state index contributed by atoms with van der Waals surface area (Å²) < 4.78 is 17.6. The van der Waals surface area contributed by atoms with Crippen molar-refractivity contribution in [2.75, 3.05) is 26.4 Å². The summed E-state index contributed by atoms with van der Waals surface area (Å²) in [4.78, 5) is 10.9. The minimum absolute atomic E-state index is 0.0422. The average Bonchev–Trinajstić information content (AvgIpc) is 3.29. The highest BCUT2D eigenvalue weighted by atomic mass is 16.5. The smallest absolute Gasteiger partial charge is 0.207 e. The van der Waals surface area contributed by atoms with E-state index in [0.29, 0.717) is 26.4 Å². The van der Waals surface area contributed by atoms with Crippen LogP contribution in [0.15, 0.2) is 48.5 Å². The molecule has 4 rings (SSSR count). The van der Waals surface area contributed by atoms with Crippen molar-refractivity contribution in [1.82, 2.24) is 5.32 Å². The van der Waals surface area contributed by atoms with Crippen LogP contribution in [-0.2, 0) is 38.3 Å². The van der Waals surface area contributed by atoms with Gasteiger partial charge in [0.2, 0.25) is 6.41 Å². The van der Waals surface area contributed by atoms with Crippen LogP contribution >= 0.6 is 0 Å². The number of amides is 1. The highest BCUT2D eigenvalue weighted by Crippen LogP contribution is 2.32. The molecule has 2 aliphatic carbocycles. The summed E-state index contributed by atoms with van der Waals surface area (Å²) in [5, 5.41) is 2.88. The Morgan fingerprint density at radius 2 is 1.46 bits per heavy atom. The molecule has 5 heteroatoms. The molecule has 0 saturated heterocycles.